The number of aliphatic hydroxyl groups is 1. The minimum Gasteiger partial charge on any atom is -0.481 e. The van der Waals surface area contributed by atoms with E-state index >= 15 is 0 Å². The summed E-state index contributed by atoms with van der Waals surface area (Å²) in [6.45, 7) is 0. The van der Waals surface area contributed by atoms with Gasteiger partial charge in [-0.3, -0.25) is 4.72 Å². The Morgan fingerprint density at radius 2 is 1.85 bits per heavy atom. The first kappa shape index (κ1) is 20.0. The summed E-state index contributed by atoms with van der Waals surface area (Å²) in [5, 5.41) is 10.7. The predicted molar refractivity (Wildman–Crippen MR) is 98.0 cm³/mol. The number of para-hydroxylation sites is 1. The van der Waals surface area contributed by atoms with Crippen molar-refractivity contribution in [2.45, 2.75) is 6.10 Å². The van der Waals surface area contributed by atoms with E-state index in [1.54, 1.807) is 18.2 Å². The van der Waals surface area contributed by atoms with Gasteiger partial charge in [0.1, 0.15) is 6.10 Å². The summed E-state index contributed by atoms with van der Waals surface area (Å²) in [4.78, 5) is 8.19. The quantitative estimate of drug-likeness (QED) is 0.698. The summed E-state index contributed by atoms with van der Waals surface area (Å²) >= 11 is 5.38. The number of benzene rings is 1. The Morgan fingerprint density at radius 3 is 2.42 bits per heavy atom. The van der Waals surface area contributed by atoms with Crippen molar-refractivity contribution in [2.75, 3.05) is 24.7 Å². The van der Waals surface area contributed by atoms with E-state index in [-0.39, 0.29) is 34.6 Å². The number of anilines is 1. The molecule has 1 atom stereocenters. The monoisotopic (exact) mass is 399 g/mol. The van der Waals surface area contributed by atoms with Gasteiger partial charge in [-0.05, 0) is 6.07 Å². The van der Waals surface area contributed by atoms with Crippen LogP contribution in [0.4, 0.5) is 5.69 Å². The molecule has 0 aliphatic carbocycles. The zero-order valence-electron chi connectivity index (χ0n) is 14.1. The minimum absolute atomic E-state index is 0.00787. The van der Waals surface area contributed by atoms with Crippen LogP contribution in [0, 0.1) is 0 Å². The molecule has 140 valence electrons. The van der Waals surface area contributed by atoms with Crippen molar-refractivity contribution in [1.82, 2.24) is 9.97 Å². The van der Waals surface area contributed by atoms with Crippen molar-refractivity contribution in [1.29, 1.82) is 0 Å². The summed E-state index contributed by atoms with van der Waals surface area (Å²) in [6, 6.07) is 7.85. The van der Waals surface area contributed by atoms with Crippen molar-refractivity contribution in [2.24, 2.45) is 0 Å². The van der Waals surface area contributed by atoms with Gasteiger partial charge in [0.25, 0.3) is 0 Å². The first-order valence-corrected chi connectivity index (χ1v) is 9.48. The van der Waals surface area contributed by atoms with Crippen molar-refractivity contribution in [3.8, 4) is 11.8 Å². The van der Waals surface area contributed by atoms with E-state index < -0.39 is 16.1 Å². The van der Waals surface area contributed by atoms with Gasteiger partial charge in [-0.15, -0.1) is 0 Å². The van der Waals surface area contributed by atoms with Crippen molar-refractivity contribution >= 4 is 27.3 Å². The molecule has 0 saturated heterocycles. The average molecular weight is 400 g/mol. The first-order chi connectivity index (χ1) is 12.4. The molecule has 10 heteroatoms. The van der Waals surface area contributed by atoms with Crippen LogP contribution in [0.2, 0.25) is 0 Å². The molecule has 0 radical (unpaired) electrons. The molecule has 2 N–H and O–H groups in total. The second kappa shape index (κ2) is 8.84. The van der Waals surface area contributed by atoms with E-state index in [4.69, 9.17) is 21.1 Å². The molecule has 2 aromatic rings. The molecular weight excluding hydrogens is 382 g/mol. The SMILES string of the molecule is COc1cc(OC)nc(C(O)c2ccccc2NS(=O)(=O)C/C=C/Cl)n1. The van der Waals surface area contributed by atoms with E-state index in [0.29, 0.717) is 0 Å². The number of aliphatic hydroxyl groups excluding tert-OH is 1. The van der Waals surface area contributed by atoms with Crippen molar-refractivity contribution in [3.05, 3.63) is 53.3 Å². The van der Waals surface area contributed by atoms with Crippen LogP contribution < -0.4 is 14.2 Å². The van der Waals surface area contributed by atoms with Gasteiger partial charge >= 0.3 is 0 Å². The van der Waals surface area contributed by atoms with Gasteiger partial charge in [0.15, 0.2) is 5.82 Å². The number of aromatic nitrogens is 2. The summed E-state index contributed by atoms with van der Waals surface area (Å²) in [5.74, 6) is 0.116. The smallest absolute Gasteiger partial charge is 0.236 e. The molecule has 0 saturated carbocycles. The number of nitrogens with one attached hydrogen (secondary N) is 1. The highest BCUT2D eigenvalue weighted by Crippen LogP contribution is 2.29. The Bertz CT molecular complexity index is 867. The maximum absolute atomic E-state index is 12.1. The zero-order chi connectivity index (χ0) is 19.2. The Morgan fingerprint density at radius 1 is 1.23 bits per heavy atom. The Balaban J connectivity index is 2.40. The van der Waals surface area contributed by atoms with Crippen LogP contribution in [0.3, 0.4) is 0 Å². The highest BCUT2D eigenvalue weighted by atomic mass is 35.5. The molecule has 0 amide bonds. The van der Waals surface area contributed by atoms with Gasteiger partial charge in [-0.25, -0.2) is 8.42 Å². The average Bonchev–Trinajstić information content (AvgIpc) is 2.65. The van der Waals surface area contributed by atoms with Crippen LogP contribution in [0.15, 0.2) is 41.9 Å². The second-order valence-electron chi connectivity index (χ2n) is 5.05. The number of rotatable bonds is 8. The van der Waals surface area contributed by atoms with Crippen LogP contribution in [0.25, 0.3) is 0 Å². The van der Waals surface area contributed by atoms with E-state index in [9.17, 15) is 13.5 Å². The molecule has 0 aliphatic rings. The summed E-state index contributed by atoms with van der Waals surface area (Å²) in [5.41, 5.74) is 1.60. The van der Waals surface area contributed by atoms with Crippen molar-refractivity contribution < 1.29 is 23.0 Å². The van der Waals surface area contributed by atoms with E-state index in [1.807, 2.05) is 0 Å². The molecule has 8 nitrogen and oxygen atoms in total. The first-order valence-electron chi connectivity index (χ1n) is 7.40. The largest absolute Gasteiger partial charge is 0.481 e. The highest BCUT2D eigenvalue weighted by Gasteiger charge is 2.21. The fourth-order valence-electron chi connectivity index (χ4n) is 2.09. The number of sulfonamides is 1. The molecule has 0 fully saturated rings. The standard InChI is InChI=1S/C16H18ClN3O5S/c1-24-13-10-14(25-2)19-16(18-13)15(21)11-6-3-4-7-12(11)20-26(22,23)9-5-8-17/h3-8,10,15,20-21H,9H2,1-2H3/b8-5+. The lowest BCUT2D eigenvalue weighted by atomic mass is 10.1. The molecule has 1 unspecified atom stereocenters. The molecule has 0 spiro atoms. The number of methoxy groups -OCH3 is 2. The van der Waals surface area contributed by atoms with Crippen LogP contribution in [-0.4, -0.2) is 43.5 Å². The molecule has 0 aliphatic heterocycles. The number of hydrogen-bond donors (Lipinski definition) is 2. The molecule has 2 rings (SSSR count). The Labute approximate surface area is 156 Å². The minimum atomic E-state index is -3.68. The van der Waals surface area contributed by atoms with Gasteiger partial charge in [-0.2, -0.15) is 9.97 Å². The third-order valence-electron chi connectivity index (χ3n) is 3.28. The van der Waals surface area contributed by atoms with Gasteiger partial charge in [0, 0.05) is 11.1 Å². The number of nitrogens with zero attached hydrogens (tertiary/aromatic N) is 2. The molecule has 1 aromatic heterocycles. The summed E-state index contributed by atoms with van der Waals surface area (Å²) < 4.78 is 36.7. The van der Waals surface area contributed by atoms with E-state index in [2.05, 4.69) is 14.7 Å². The number of halogens is 1. The topological polar surface area (TPSA) is 111 Å². The number of ether oxygens (including phenoxy) is 2. The van der Waals surface area contributed by atoms with Gasteiger partial charge in [-0.1, -0.05) is 35.9 Å². The Hall–Kier alpha value is -2.36. The fourth-order valence-corrected chi connectivity index (χ4v) is 3.24. The lowest BCUT2D eigenvalue weighted by molar-refractivity contribution is 0.206. The van der Waals surface area contributed by atoms with Crippen LogP contribution in [0.1, 0.15) is 17.5 Å². The van der Waals surface area contributed by atoms with E-state index in [1.165, 1.54) is 32.4 Å². The lowest BCUT2D eigenvalue weighted by Crippen LogP contribution is -2.18. The zero-order valence-corrected chi connectivity index (χ0v) is 15.7. The molecule has 1 aromatic carbocycles. The number of hydrogen-bond acceptors (Lipinski definition) is 7. The van der Waals surface area contributed by atoms with Crippen LogP contribution >= 0.6 is 11.6 Å². The maximum Gasteiger partial charge on any atom is 0.236 e. The fraction of sp³-hybridized carbons (Fsp3) is 0.250. The molecule has 0 bridgehead atoms. The molecular formula is C16H18ClN3O5S. The van der Waals surface area contributed by atoms with Crippen molar-refractivity contribution in [3.63, 3.8) is 0 Å². The second-order valence-corrected chi connectivity index (χ2v) is 7.06. The van der Waals surface area contributed by atoms with Gasteiger partial charge in [0.05, 0.1) is 31.7 Å². The molecule has 1 heterocycles. The van der Waals surface area contributed by atoms with E-state index in [0.717, 1.165) is 5.54 Å². The highest BCUT2D eigenvalue weighted by molar-refractivity contribution is 7.92. The summed E-state index contributed by atoms with van der Waals surface area (Å²) in [7, 11) is -0.841. The third kappa shape index (κ3) is 5.07. The van der Waals surface area contributed by atoms with Gasteiger partial charge in [0.2, 0.25) is 21.8 Å². The predicted octanol–water partition coefficient (Wildman–Crippen LogP) is 2.07. The molecule has 26 heavy (non-hydrogen) atoms. The third-order valence-corrected chi connectivity index (χ3v) is 4.63. The van der Waals surface area contributed by atoms with Crippen LogP contribution in [-0.2, 0) is 10.0 Å². The Kier molecular flexibility index (Phi) is 6.78. The van der Waals surface area contributed by atoms with Gasteiger partial charge < -0.3 is 14.6 Å². The maximum atomic E-state index is 12.1. The normalized spacial score (nSPS) is 12.8. The summed E-state index contributed by atoms with van der Waals surface area (Å²) in [6.07, 6.45) is -0.0136. The van der Waals surface area contributed by atoms with Crippen LogP contribution in [0.5, 0.6) is 11.8 Å². The lowest BCUT2D eigenvalue weighted by Gasteiger charge is -2.16.